The minimum absolute atomic E-state index is 0.134. The van der Waals surface area contributed by atoms with Crippen molar-refractivity contribution < 1.29 is 0 Å². The number of nitrogens with zero attached hydrogens (tertiary/aromatic N) is 1. The Morgan fingerprint density at radius 3 is 2.68 bits per heavy atom. The van der Waals surface area contributed by atoms with E-state index in [0.717, 1.165) is 6.42 Å². The number of rotatable bonds is 3. The van der Waals surface area contributed by atoms with Gasteiger partial charge >= 0.3 is 0 Å². The summed E-state index contributed by atoms with van der Waals surface area (Å²) in [5, 5.41) is 0. The lowest BCUT2D eigenvalue weighted by Gasteiger charge is -2.43. The van der Waals surface area contributed by atoms with E-state index in [0.29, 0.717) is 6.04 Å². The molecule has 2 nitrogen and oxygen atoms in total. The number of hydrogen-bond donors (Lipinski definition) is 1. The first-order valence-corrected chi connectivity index (χ1v) is 7.53. The molecule has 0 bridgehead atoms. The van der Waals surface area contributed by atoms with Gasteiger partial charge in [-0.05, 0) is 57.7 Å². The van der Waals surface area contributed by atoms with Crippen LogP contribution in [0, 0.1) is 0 Å². The van der Waals surface area contributed by atoms with E-state index in [4.69, 9.17) is 5.73 Å². The Hall–Kier alpha value is -0.860. The molecule has 0 saturated carbocycles. The molecule has 19 heavy (non-hydrogen) atoms. The van der Waals surface area contributed by atoms with Crippen LogP contribution in [0.3, 0.4) is 0 Å². The topological polar surface area (TPSA) is 29.3 Å². The summed E-state index contributed by atoms with van der Waals surface area (Å²) < 4.78 is 0. The fraction of sp³-hybridized carbons (Fsp3) is 0.647. The van der Waals surface area contributed by atoms with E-state index in [2.05, 4.69) is 57.0 Å². The van der Waals surface area contributed by atoms with Crippen molar-refractivity contribution in [2.75, 3.05) is 7.05 Å². The van der Waals surface area contributed by atoms with E-state index >= 15 is 0 Å². The summed E-state index contributed by atoms with van der Waals surface area (Å²) >= 11 is 0. The second-order valence-electron chi connectivity index (χ2n) is 6.46. The third-order valence-corrected chi connectivity index (χ3v) is 5.09. The third-order valence-electron chi connectivity index (χ3n) is 5.09. The molecule has 2 unspecified atom stereocenters. The Labute approximate surface area is 118 Å². The van der Waals surface area contributed by atoms with Crippen LogP contribution < -0.4 is 5.73 Å². The van der Waals surface area contributed by atoms with Crippen LogP contribution in [0.15, 0.2) is 24.3 Å². The van der Waals surface area contributed by atoms with Gasteiger partial charge in [-0.1, -0.05) is 31.2 Å². The summed E-state index contributed by atoms with van der Waals surface area (Å²) in [6.07, 6.45) is 4.74. The minimum atomic E-state index is 0.134. The molecule has 0 amide bonds. The zero-order valence-corrected chi connectivity index (χ0v) is 12.8. The van der Waals surface area contributed by atoms with Gasteiger partial charge in [0.25, 0.3) is 0 Å². The smallest absolute Gasteiger partial charge is 0.0455 e. The second kappa shape index (κ2) is 5.64. The molecular formula is C17H28N2. The van der Waals surface area contributed by atoms with Crippen LogP contribution in [-0.2, 0) is 6.42 Å². The van der Waals surface area contributed by atoms with Crippen LogP contribution in [0.5, 0.6) is 0 Å². The highest BCUT2D eigenvalue weighted by atomic mass is 15.2. The Morgan fingerprint density at radius 2 is 2.00 bits per heavy atom. The monoisotopic (exact) mass is 260 g/mol. The van der Waals surface area contributed by atoms with Crippen LogP contribution in [0.25, 0.3) is 0 Å². The molecule has 2 heteroatoms. The van der Waals surface area contributed by atoms with Crippen molar-refractivity contribution in [3.63, 3.8) is 0 Å². The molecule has 1 aliphatic rings. The van der Waals surface area contributed by atoms with Gasteiger partial charge in [0.1, 0.15) is 0 Å². The van der Waals surface area contributed by atoms with Crippen molar-refractivity contribution in [3.05, 3.63) is 35.4 Å². The van der Waals surface area contributed by atoms with Crippen LogP contribution in [0.2, 0.25) is 0 Å². The first-order chi connectivity index (χ1) is 8.97. The maximum Gasteiger partial charge on any atom is 0.0455 e. The van der Waals surface area contributed by atoms with Crippen molar-refractivity contribution >= 4 is 0 Å². The van der Waals surface area contributed by atoms with Crippen LogP contribution in [0.4, 0.5) is 0 Å². The van der Waals surface area contributed by atoms with E-state index in [1.807, 2.05) is 0 Å². The molecule has 0 fully saturated rings. The zero-order valence-electron chi connectivity index (χ0n) is 12.8. The molecule has 0 spiro atoms. The number of likely N-dealkylation sites (N-methyl/N-ethyl adjacent to an activating group) is 1. The van der Waals surface area contributed by atoms with Crippen LogP contribution >= 0.6 is 0 Å². The highest BCUT2D eigenvalue weighted by Gasteiger charge is 2.33. The summed E-state index contributed by atoms with van der Waals surface area (Å²) in [5.41, 5.74) is 9.61. The van der Waals surface area contributed by atoms with E-state index in [1.54, 1.807) is 0 Å². The summed E-state index contributed by atoms with van der Waals surface area (Å²) in [4.78, 5) is 2.50. The van der Waals surface area contributed by atoms with Crippen molar-refractivity contribution in [3.8, 4) is 0 Å². The van der Waals surface area contributed by atoms with Crippen molar-refractivity contribution in [2.24, 2.45) is 5.73 Å². The minimum Gasteiger partial charge on any atom is -0.323 e. The number of fused-ring (bicyclic) bond motifs is 1. The van der Waals surface area contributed by atoms with Crippen molar-refractivity contribution in [2.45, 2.75) is 64.1 Å². The van der Waals surface area contributed by atoms with Gasteiger partial charge in [-0.25, -0.2) is 0 Å². The molecule has 0 aliphatic heterocycles. The van der Waals surface area contributed by atoms with Gasteiger partial charge in [-0.2, -0.15) is 0 Å². The number of aryl methyl sites for hydroxylation is 1. The highest BCUT2D eigenvalue weighted by molar-refractivity contribution is 5.32. The molecule has 2 N–H and O–H groups in total. The lowest BCUT2D eigenvalue weighted by Crippen LogP contribution is -2.50. The first-order valence-electron chi connectivity index (χ1n) is 7.53. The quantitative estimate of drug-likeness (QED) is 0.843. The molecule has 2 rings (SSSR count). The average molecular weight is 260 g/mol. The maximum atomic E-state index is 6.60. The van der Waals surface area contributed by atoms with Crippen LogP contribution in [-0.4, -0.2) is 23.5 Å². The number of hydrogen-bond acceptors (Lipinski definition) is 2. The van der Waals surface area contributed by atoms with Crippen LogP contribution in [0.1, 0.15) is 57.2 Å². The van der Waals surface area contributed by atoms with Crippen molar-refractivity contribution in [1.29, 1.82) is 0 Å². The summed E-state index contributed by atoms with van der Waals surface area (Å²) in [5.74, 6) is 0. The Morgan fingerprint density at radius 1 is 1.32 bits per heavy atom. The highest BCUT2D eigenvalue weighted by Crippen LogP contribution is 2.33. The van der Waals surface area contributed by atoms with Gasteiger partial charge < -0.3 is 5.73 Å². The predicted molar refractivity (Wildman–Crippen MR) is 82.2 cm³/mol. The zero-order chi connectivity index (χ0) is 14.0. The fourth-order valence-electron chi connectivity index (χ4n) is 3.11. The van der Waals surface area contributed by atoms with Crippen molar-refractivity contribution in [1.82, 2.24) is 4.90 Å². The predicted octanol–water partition coefficient (Wildman–Crippen LogP) is 3.51. The molecule has 0 aromatic heterocycles. The molecule has 0 saturated heterocycles. The summed E-state index contributed by atoms with van der Waals surface area (Å²) in [7, 11) is 2.24. The molecule has 1 aliphatic carbocycles. The Kier molecular flexibility index (Phi) is 4.32. The molecule has 2 atom stereocenters. The summed E-state index contributed by atoms with van der Waals surface area (Å²) in [6.45, 7) is 6.89. The van der Waals surface area contributed by atoms with Gasteiger partial charge in [-0.3, -0.25) is 4.90 Å². The molecule has 106 valence electrons. The van der Waals surface area contributed by atoms with E-state index in [9.17, 15) is 0 Å². The first kappa shape index (κ1) is 14.5. The van der Waals surface area contributed by atoms with Gasteiger partial charge in [-0.15, -0.1) is 0 Å². The largest absolute Gasteiger partial charge is 0.323 e. The van der Waals surface area contributed by atoms with E-state index in [1.165, 1.54) is 30.4 Å². The van der Waals surface area contributed by atoms with E-state index in [-0.39, 0.29) is 11.6 Å². The molecule has 1 aromatic carbocycles. The molecular weight excluding hydrogens is 232 g/mol. The Balaban J connectivity index is 2.29. The lowest BCUT2D eigenvalue weighted by atomic mass is 9.91. The lowest BCUT2D eigenvalue weighted by molar-refractivity contribution is 0.0772. The normalized spacial score (nSPS) is 24.1. The SMILES string of the molecule is CCC(C)(C)N(C)C1CCCc2ccccc2C1N. The fourth-order valence-corrected chi connectivity index (χ4v) is 3.11. The van der Waals surface area contributed by atoms with Gasteiger partial charge in [0.15, 0.2) is 0 Å². The maximum absolute atomic E-state index is 6.60. The van der Waals surface area contributed by atoms with E-state index < -0.39 is 0 Å². The van der Waals surface area contributed by atoms with Gasteiger partial charge in [0, 0.05) is 17.6 Å². The van der Waals surface area contributed by atoms with Gasteiger partial charge in [0.05, 0.1) is 0 Å². The second-order valence-corrected chi connectivity index (χ2v) is 6.46. The summed E-state index contributed by atoms with van der Waals surface area (Å²) in [6, 6.07) is 9.28. The molecule has 1 aromatic rings. The number of benzene rings is 1. The Bertz CT molecular complexity index is 425. The molecule has 0 radical (unpaired) electrons. The molecule has 0 heterocycles. The number of nitrogens with two attached hydrogens (primary N) is 1. The van der Waals surface area contributed by atoms with Gasteiger partial charge in [0.2, 0.25) is 0 Å². The third kappa shape index (κ3) is 2.85. The average Bonchev–Trinajstić information content (AvgIpc) is 2.58. The standard InChI is InChI=1S/C17H28N2/c1-5-17(2,3)19(4)15-12-8-10-13-9-6-7-11-14(13)16(15)18/h6-7,9,11,15-16H,5,8,10,12,18H2,1-4H3.